The Morgan fingerprint density at radius 1 is 1.24 bits per heavy atom. The zero-order valence-corrected chi connectivity index (χ0v) is 13.9. The first-order valence-electron chi connectivity index (χ1n) is 8.82. The van der Waals surface area contributed by atoms with Gasteiger partial charge in [0.15, 0.2) is 11.3 Å². The Morgan fingerprint density at radius 2 is 2.12 bits per heavy atom. The topological polar surface area (TPSA) is 92.6 Å². The summed E-state index contributed by atoms with van der Waals surface area (Å²) < 4.78 is 1.91. The summed E-state index contributed by atoms with van der Waals surface area (Å²) in [7, 11) is 0. The zero-order chi connectivity index (χ0) is 16.8. The minimum absolute atomic E-state index is 0.0550. The van der Waals surface area contributed by atoms with Gasteiger partial charge in [-0.2, -0.15) is 5.10 Å². The number of nitrogens with one attached hydrogen (secondary N) is 1. The molecule has 1 fully saturated rings. The third-order valence-electron chi connectivity index (χ3n) is 5.34. The van der Waals surface area contributed by atoms with Crippen molar-refractivity contribution in [2.75, 3.05) is 13.1 Å². The number of hydrogen-bond donors (Lipinski definition) is 1. The number of fused-ring (bicyclic) bond motifs is 2. The number of aromatic nitrogens is 6. The highest BCUT2D eigenvalue weighted by molar-refractivity contribution is 5.94. The van der Waals surface area contributed by atoms with Gasteiger partial charge in [-0.3, -0.25) is 9.89 Å². The summed E-state index contributed by atoms with van der Waals surface area (Å²) in [4.78, 5) is 19.1. The van der Waals surface area contributed by atoms with Crippen LogP contribution in [0.4, 0.5) is 0 Å². The molecule has 0 radical (unpaired) electrons. The van der Waals surface area contributed by atoms with Gasteiger partial charge >= 0.3 is 0 Å². The molecule has 2 aliphatic rings. The van der Waals surface area contributed by atoms with Gasteiger partial charge in [-0.05, 0) is 44.2 Å². The molecule has 0 aromatic carbocycles. The van der Waals surface area contributed by atoms with Crippen LogP contribution in [-0.4, -0.2) is 54.1 Å². The average Bonchev–Trinajstić information content (AvgIpc) is 3.36. The van der Waals surface area contributed by atoms with E-state index in [0.29, 0.717) is 18.8 Å². The van der Waals surface area contributed by atoms with Crippen molar-refractivity contribution in [1.82, 2.24) is 35.1 Å². The summed E-state index contributed by atoms with van der Waals surface area (Å²) in [5.41, 5.74) is 4.52. The molecule has 0 spiro atoms. The van der Waals surface area contributed by atoms with Crippen LogP contribution in [0.3, 0.4) is 0 Å². The number of likely N-dealkylation sites (tertiary alicyclic amines) is 1. The molecule has 5 rings (SSSR count). The quantitative estimate of drug-likeness (QED) is 0.765. The van der Waals surface area contributed by atoms with Crippen LogP contribution in [0.5, 0.6) is 0 Å². The minimum Gasteiger partial charge on any atom is -0.337 e. The Bertz CT molecular complexity index is 936. The molecule has 1 saturated heterocycles. The van der Waals surface area contributed by atoms with Crippen LogP contribution in [0.2, 0.25) is 0 Å². The number of H-pyrrole nitrogens is 1. The van der Waals surface area contributed by atoms with E-state index in [2.05, 4.69) is 25.5 Å². The van der Waals surface area contributed by atoms with Gasteiger partial charge < -0.3 is 4.90 Å². The van der Waals surface area contributed by atoms with Crippen molar-refractivity contribution in [1.29, 1.82) is 0 Å². The summed E-state index contributed by atoms with van der Waals surface area (Å²) in [6.07, 6.45) is 6.54. The van der Waals surface area contributed by atoms with E-state index in [1.165, 1.54) is 0 Å². The fourth-order valence-electron chi connectivity index (χ4n) is 3.99. The molecular formula is C17H19N7O. The molecule has 128 valence electrons. The van der Waals surface area contributed by atoms with Crippen molar-refractivity contribution in [3.63, 3.8) is 0 Å². The molecule has 1 N–H and O–H groups in total. The summed E-state index contributed by atoms with van der Waals surface area (Å²) in [5, 5.41) is 15.8. The number of piperidine rings is 1. The molecule has 3 aromatic heterocycles. The first-order valence-corrected chi connectivity index (χ1v) is 8.82. The van der Waals surface area contributed by atoms with E-state index in [0.717, 1.165) is 54.5 Å². The lowest BCUT2D eigenvalue weighted by Crippen LogP contribution is -2.39. The number of carbonyl (C=O) groups is 1. The fraction of sp³-hybridized carbons (Fsp3) is 0.471. The first kappa shape index (κ1) is 14.6. The number of hydrogen-bond acceptors (Lipinski definition) is 5. The maximum Gasteiger partial charge on any atom is 0.274 e. The molecule has 25 heavy (non-hydrogen) atoms. The molecule has 0 atom stereocenters. The van der Waals surface area contributed by atoms with E-state index in [4.69, 9.17) is 0 Å². The SMILES string of the molecule is O=C(c1n[nH]c2c1CCC2)N1CCC(n2nnc3cccnc32)CC1. The molecule has 4 heterocycles. The molecule has 8 heteroatoms. The molecule has 1 aliphatic heterocycles. The summed E-state index contributed by atoms with van der Waals surface area (Å²) in [5.74, 6) is 0.0550. The second kappa shape index (κ2) is 5.65. The lowest BCUT2D eigenvalue weighted by atomic mass is 10.0. The van der Waals surface area contributed by atoms with E-state index in [1.54, 1.807) is 6.20 Å². The second-order valence-corrected chi connectivity index (χ2v) is 6.79. The van der Waals surface area contributed by atoms with E-state index in [1.807, 2.05) is 21.7 Å². The van der Waals surface area contributed by atoms with Gasteiger partial charge in [0.2, 0.25) is 0 Å². The largest absolute Gasteiger partial charge is 0.337 e. The van der Waals surface area contributed by atoms with Gasteiger partial charge in [0, 0.05) is 30.5 Å². The van der Waals surface area contributed by atoms with Crippen LogP contribution in [0.25, 0.3) is 11.2 Å². The number of pyridine rings is 1. The lowest BCUT2D eigenvalue weighted by molar-refractivity contribution is 0.0683. The standard InChI is InChI=1S/C17H19N7O/c25-17(15-12-3-1-4-13(12)19-21-15)23-9-6-11(7-10-23)24-16-14(20-22-24)5-2-8-18-16/h2,5,8,11H,1,3-4,6-7,9-10H2,(H,19,21). The van der Waals surface area contributed by atoms with Crippen molar-refractivity contribution in [3.8, 4) is 0 Å². The third-order valence-corrected chi connectivity index (χ3v) is 5.34. The van der Waals surface area contributed by atoms with Gasteiger partial charge in [-0.1, -0.05) is 5.21 Å². The number of nitrogens with zero attached hydrogens (tertiary/aromatic N) is 6. The van der Waals surface area contributed by atoms with Crippen molar-refractivity contribution in [3.05, 3.63) is 35.3 Å². The van der Waals surface area contributed by atoms with Gasteiger partial charge in [-0.15, -0.1) is 5.10 Å². The summed E-state index contributed by atoms with van der Waals surface area (Å²) in [6.45, 7) is 1.42. The van der Waals surface area contributed by atoms with E-state index in [9.17, 15) is 4.79 Å². The number of aryl methyl sites for hydroxylation is 1. The van der Waals surface area contributed by atoms with Crippen molar-refractivity contribution >= 4 is 17.1 Å². The van der Waals surface area contributed by atoms with E-state index in [-0.39, 0.29) is 11.9 Å². The molecule has 1 amide bonds. The number of rotatable bonds is 2. The molecule has 1 aliphatic carbocycles. The number of carbonyl (C=O) groups excluding carboxylic acids is 1. The van der Waals surface area contributed by atoms with Crippen molar-refractivity contribution in [2.24, 2.45) is 0 Å². The van der Waals surface area contributed by atoms with Gasteiger partial charge in [0.05, 0.1) is 6.04 Å². The van der Waals surface area contributed by atoms with Crippen molar-refractivity contribution in [2.45, 2.75) is 38.1 Å². The highest BCUT2D eigenvalue weighted by Crippen LogP contribution is 2.27. The normalized spacial score (nSPS) is 18.0. The Kier molecular flexibility index (Phi) is 3.29. The van der Waals surface area contributed by atoms with Crippen LogP contribution < -0.4 is 0 Å². The molecule has 0 bridgehead atoms. The molecular weight excluding hydrogens is 318 g/mol. The maximum absolute atomic E-state index is 12.8. The summed E-state index contributed by atoms with van der Waals surface area (Å²) in [6, 6.07) is 4.02. The number of amides is 1. The van der Waals surface area contributed by atoms with Crippen LogP contribution in [-0.2, 0) is 12.8 Å². The monoisotopic (exact) mass is 337 g/mol. The lowest BCUT2D eigenvalue weighted by Gasteiger charge is -2.31. The Labute approximate surface area is 144 Å². The van der Waals surface area contributed by atoms with E-state index >= 15 is 0 Å². The van der Waals surface area contributed by atoms with Gasteiger partial charge in [0.1, 0.15) is 5.52 Å². The van der Waals surface area contributed by atoms with Crippen LogP contribution in [0.1, 0.15) is 47.1 Å². The van der Waals surface area contributed by atoms with Gasteiger partial charge in [-0.25, -0.2) is 9.67 Å². The predicted octanol–water partition coefficient (Wildman–Crippen LogP) is 1.52. The zero-order valence-electron chi connectivity index (χ0n) is 13.9. The smallest absolute Gasteiger partial charge is 0.274 e. The first-order chi connectivity index (χ1) is 12.3. The molecule has 8 nitrogen and oxygen atoms in total. The number of aromatic amines is 1. The second-order valence-electron chi connectivity index (χ2n) is 6.79. The molecule has 0 saturated carbocycles. The highest BCUT2D eigenvalue weighted by Gasteiger charge is 2.30. The molecule has 0 unspecified atom stereocenters. The average molecular weight is 337 g/mol. The molecule has 3 aromatic rings. The van der Waals surface area contributed by atoms with Crippen LogP contribution in [0.15, 0.2) is 18.3 Å². The van der Waals surface area contributed by atoms with Crippen LogP contribution >= 0.6 is 0 Å². The van der Waals surface area contributed by atoms with E-state index < -0.39 is 0 Å². The Hall–Kier alpha value is -2.77. The summed E-state index contributed by atoms with van der Waals surface area (Å²) >= 11 is 0. The third kappa shape index (κ3) is 2.32. The Morgan fingerprint density at radius 3 is 3.00 bits per heavy atom. The van der Waals surface area contributed by atoms with Crippen molar-refractivity contribution < 1.29 is 4.79 Å². The maximum atomic E-state index is 12.8. The minimum atomic E-state index is 0.0550. The highest BCUT2D eigenvalue weighted by atomic mass is 16.2. The predicted molar refractivity (Wildman–Crippen MR) is 90.1 cm³/mol. The van der Waals surface area contributed by atoms with Gasteiger partial charge in [0.25, 0.3) is 5.91 Å². The van der Waals surface area contributed by atoms with Crippen LogP contribution in [0, 0.1) is 0 Å². The fourth-order valence-corrected chi connectivity index (χ4v) is 3.99. The Balaban J connectivity index is 1.32.